The molecule has 2 fully saturated rings. The van der Waals surface area contributed by atoms with E-state index in [-0.39, 0.29) is 12.0 Å². The third kappa shape index (κ3) is 6.77. The monoisotopic (exact) mass is 448 g/mol. The lowest BCUT2D eigenvalue weighted by atomic mass is 10.2. The van der Waals surface area contributed by atoms with Crippen molar-refractivity contribution < 1.29 is 14.3 Å². The zero-order valence-corrected chi connectivity index (χ0v) is 19.8. The largest absolute Gasteiger partial charge is 0.496 e. The van der Waals surface area contributed by atoms with Gasteiger partial charge in [0.1, 0.15) is 11.9 Å². The van der Waals surface area contributed by atoms with E-state index in [1.807, 2.05) is 34.9 Å². The fourth-order valence-electron chi connectivity index (χ4n) is 3.81. The third-order valence-electron chi connectivity index (χ3n) is 5.58. The summed E-state index contributed by atoms with van der Waals surface area (Å²) in [6.45, 7) is 9.67. The highest BCUT2D eigenvalue weighted by Gasteiger charge is 2.30. The summed E-state index contributed by atoms with van der Waals surface area (Å²) in [5.41, 5.74) is 0. The van der Waals surface area contributed by atoms with Crippen molar-refractivity contribution in [3.8, 4) is 5.75 Å². The van der Waals surface area contributed by atoms with Crippen LogP contribution in [0.2, 0.25) is 0 Å². The first-order chi connectivity index (χ1) is 15.1. The molecule has 8 heteroatoms. The Balaban J connectivity index is 1.48. The van der Waals surface area contributed by atoms with Crippen molar-refractivity contribution in [2.24, 2.45) is 10.9 Å². The van der Waals surface area contributed by atoms with E-state index in [0.717, 1.165) is 69.6 Å². The number of rotatable bonds is 8. The fourth-order valence-corrected chi connectivity index (χ4v) is 4.84. The quantitative estimate of drug-likeness (QED) is 0.375. The van der Waals surface area contributed by atoms with Crippen molar-refractivity contribution in [3.63, 3.8) is 0 Å². The highest BCUT2D eigenvalue weighted by atomic mass is 32.2. The van der Waals surface area contributed by atoms with E-state index in [0.29, 0.717) is 12.5 Å². The van der Waals surface area contributed by atoms with Crippen LogP contribution in [0.4, 0.5) is 0 Å². The Kier molecular flexibility index (Phi) is 9.33. The highest BCUT2D eigenvalue weighted by Crippen LogP contribution is 2.30. The van der Waals surface area contributed by atoms with Gasteiger partial charge in [0, 0.05) is 56.5 Å². The van der Waals surface area contributed by atoms with Crippen LogP contribution in [0.1, 0.15) is 26.7 Å². The summed E-state index contributed by atoms with van der Waals surface area (Å²) in [6, 6.07) is 8.13. The number of nitrogens with zero attached hydrogens (tertiary/aromatic N) is 3. The molecule has 0 spiro atoms. The van der Waals surface area contributed by atoms with Crippen molar-refractivity contribution in [1.29, 1.82) is 0 Å². The number of amides is 1. The number of thioether (sulfide) groups is 1. The summed E-state index contributed by atoms with van der Waals surface area (Å²) in [6.07, 6.45) is 1.62. The molecule has 2 unspecified atom stereocenters. The van der Waals surface area contributed by atoms with Gasteiger partial charge in [0.2, 0.25) is 0 Å². The molecule has 31 heavy (non-hydrogen) atoms. The number of para-hydroxylation sites is 1. The predicted octanol–water partition coefficient (Wildman–Crippen LogP) is 2.71. The number of aliphatic imine (C=N–C) groups is 1. The van der Waals surface area contributed by atoms with E-state index in [1.54, 1.807) is 7.11 Å². The van der Waals surface area contributed by atoms with Crippen molar-refractivity contribution in [1.82, 2.24) is 15.1 Å². The Labute approximate surface area is 190 Å². The molecule has 2 aliphatic heterocycles. The standard InChI is InChI=1S/C23H36N4O3S/c1-4-24-23(25-16-18(2)17-31-21-10-6-5-8-19(21)29-3)27-13-11-26(12-14-27)22(28)20-9-7-15-30-20/h5-6,8,10,18,20H,4,7,9,11-17H2,1-3H3,(H,24,25). The molecule has 7 nitrogen and oxygen atoms in total. The number of piperazine rings is 1. The average molecular weight is 449 g/mol. The molecule has 1 aromatic rings. The highest BCUT2D eigenvalue weighted by molar-refractivity contribution is 7.99. The minimum absolute atomic E-state index is 0.154. The van der Waals surface area contributed by atoms with E-state index < -0.39 is 0 Å². The lowest BCUT2D eigenvalue weighted by Crippen LogP contribution is -2.55. The van der Waals surface area contributed by atoms with Gasteiger partial charge in [-0.3, -0.25) is 9.79 Å². The van der Waals surface area contributed by atoms with Crippen molar-refractivity contribution in [2.45, 2.75) is 37.7 Å². The van der Waals surface area contributed by atoms with Crippen LogP contribution in [-0.2, 0) is 9.53 Å². The second-order valence-electron chi connectivity index (χ2n) is 8.08. The Morgan fingerprint density at radius 1 is 1.29 bits per heavy atom. The number of nitrogens with one attached hydrogen (secondary N) is 1. The molecule has 2 atom stereocenters. The maximum absolute atomic E-state index is 12.6. The van der Waals surface area contributed by atoms with Gasteiger partial charge in [0.05, 0.1) is 7.11 Å². The number of methoxy groups -OCH3 is 1. The Morgan fingerprint density at radius 3 is 2.71 bits per heavy atom. The fraction of sp³-hybridized carbons (Fsp3) is 0.652. The second-order valence-corrected chi connectivity index (χ2v) is 9.14. The van der Waals surface area contributed by atoms with E-state index >= 15 is 0 Å². The first-order valence-electron chi connectivity index (χ1n) is 11.3. The van der Waals surface area contributed by atoms with Gasteiger partial charge in [0.25, 0.3) is 5.91 Å². The lowest BCUT2D eigenvalue weighted by Gasteiger charge is -2.37. The molecular formula is C23H36N4O3S. The summed E-state index contributed by atoms with van der Waals surface area (Å²) in [7, 11) is 1.71. The molecule has 2 heterocycles. The third-order valence-corrected chi connectivity index (χ3v) is 6.96. The van der Waals surface area contributed by atoms with Crippen molar-refractivity contribution >= 4 is 23.6 Å². The van der Waals surface area contributed by atoms with Crippen LogP contribution in [0.5, 0.6) is 5.75 Å². The van der Waals surface area contributed by atoms with Crippen LogP contribution >= 0.6 is 11.8 Å². The van der Waals surface area contributed by atoms with Crippen molar-refractivity contribution in [2.75, 3.05) is 58.7 Å². The van der Waals surface area contributed by atoms with Gasteiger partial charge in [-0.15, -0.1) is 11.8 Å². The molecular weight excluding hydrogens is 412 g/mol. The van der Waals surface area contributed by atoms with E-state index in [1.165, 1.54) is 4.90 Å². The Hall–Kier alpha value is -1.93. The van der Waals surface area contributed by atoms with Crippen LogP contribution in [0.3, 0.4) is 0 Å². The van der Waals surface area contributed by atoms with Gasteiger partial charge < -0.3 is 24.6 Å². The number of ether oxygens (including phenoxy) is 2. The lowest BCUT2D eigenvalue weighted by molar-refractivity contribution is -0.142. The molecule has 3 rings (SSSR count). The van der Waals surface area contributed by atoms with Crippen LogP contribution < -0.4 is 10.1 Å². The average Bonchev–Trinajstić information content (AvgIpc) is 3.35. The van der Waals surface area contributed by atoms with Crippen LogP contribution in [0.25, 0.3) is 0 Å². The van der Waals surface area contributed by atoms with Crippen LogP contribution in [0.15, 0.2) is 34.2 Å². The van der Waals surface area contributed by atoms with Gasteiger partial charge in [-0.2, -0.15) is 0 Å². The number of guanidine groups is 1. The van der Waals surface area contributed by atoms with Crippen molar-refractivity contribution in [3.05, 3.63) is 24.3 Å². The number of carbonyl (C=O) groups is 1. The number of benzene rings is 1. The minimum Gasteiger partial charge on any atom is -0.496 e. The second kappa shape index (κ2) is 12.2. The normalized spacial score (nSPS) is 20.6. The Morgan fingerprint density at radius 2 is 2.03 bits per heavy atom. The van der Waals surface area contributed by atoms with E-state index in [9.17, 15) is 4.79 Å². The molecule has 0 aromatic heterocycles. The molecule has 2 aliphatic rings. The molecule has 0 saturated carbocycles. The topological polar surface area (TPSA) is 66.4 Å². The number of hydrogen-bond donors (Lipinski definition) is 1. The van der Waals surface area contributed by atoms with Gasteiger partial charge in [-0.05, 0) is 37.8 Å². The summed E-state index contributed by atoms with van der Waals surface area (Å²) in [5, 5.41) is 3.42. The molecule has 0 aliphatic carbocycles. The minimum atomic E-state index is -0.227. The SMILES string of the molecule is CCNC(=NCC(C)CSc1ccccc1OC)N1CCN(C(=O)C2CCCO2)CC1. The summed E-state index contributed by atoms with van der Waals surface area (Å²) in [5.74, 6) is 3.44. The van der Waals surface area contributed by atoms with Crippen LogP contribution in [-0.4, -0.2) is 86.5 Å². The predicted molar refractivity (Wildman–Crippen MR) is 126 cm³/mol. The molecule has 1 N–H and O–H groups in total. The zero-order valence-electron chi connectivity index (χ0n) is 19.0. The smallest absolute Gasteiger partial charge is 0.251 e. The molecule has 1 aromatic carbocycles. The number of hydrogen-bond acceptors (Lipinski definition) is 5. The van der Waals surface area contributed by atoms with E-state index in [2.05, 4.69) is 30.1 Å². The first kappa shape index (κ1) is 23.7. The number of carbonyl (C=O) groups excluding carboxylic acids is 1. The van der Waals surface area contributed by atoms with Gasteiger partial charge in [-0.1, -0.05) is 19.1 Å². The summed E-state index contributed by atoms with van der Waals surface area (Å²) >= 11 is 1.81. The Bertz CT molecular complexity index is 731. The summed E-state index contributed by atoms with van der Waals surface area (Å²) in [4.78, 5) is 22.9. The zero-order chi connectivity index (χ0) is 22.1. The molecule has 0 bridgehead atoms. The first-order valence-corrected chi connectivity index (χ1v) is 12.3. The van der Waals surface area contributed by atoms with E-state index in [4.69, 9.17) is 14.5 Å². The maximum Gasteiger partial charge on any atom is 0.251 e. The van der Waals surface area contributed by atoms with Gasteiger partial charge in [-0.25, -0.2) is 0 Å². The molecule has 1 amide bonds. The van der Waals surface area contributed by atoms with Crippen LogP contribution in [0, 0.1) is 5.92 Å². The summed E-state index contributed by atoms with van der Waals surface area (Å²) < 4.78 is 11.0. The molecule has 2 saturated heterocycles. The van der Waals surface area contributed by atoms with Gasteiger partial charge >= 0.3 is 0 Å². The van der Waals surface area contributed by atoms with Gasteiger partial charge in [0.15, 0.2) is 5.96 Å². The maximum atomic E-state index is 12.6. The molecule has 0 radical (unpaired) electrons. The molecule has 172 valence electrons.